The number of hydrogen-bond donors (Lipinski definition) is 1. The lowest BCUT2D eigenvalue weighted by atomic mass is 10.1. The van der Waals surface area contributed by atoms with Crippen molar-refractivity contribution in [1.29, 1.82) is 0 Å². The third-order valence-electron chi connectivity index (χ3n) is 3.89. The Morgan fingerprint density at radius 3 is 2.57 bits per heavy atom. The van der Waals surface area contributed by atoms with Crippen LogP contribution in [0.3, 0.4) is 0 Å². The van der Waals surface area contributed by atoms with E-state index in [0.29, 0.717) is 12.2 Å². The highest BCUT2D eigenvalue weighted by Crippen LogP contribution is 2.22. The first kappa shape index (κ1) is 15.8. The summed E-state index contributed by atoms with van der Waals surface area (Å²) >= 11 is 3.46. The highest BCUT2D eigenvalue weighted by atomic mass is 79.9. The SMILES string of the molecule is CC(C)N(Cc1ccccc1)C(=O)c1cc2ccc(Br)cc2[nH]1. The zero-order chi connectivity index (χ0) is 16.4. The smallest absolute Gasteiger partial charge is 0.270 e. The van der Waals surface area contributed by atoms with Gasteiger partial charge in [-0.05, 0) is 37.6 Å². The molecule has 23 heavy (non-hydrogen) atoms. The molecular formula is C19H19BrN2O. The van der Waals surface area contributed by atoms with E-state index in [-0.39, 0.29) is 11.9 Å². The van der Waals surface area contributed by atoms with Crippen LogP contribution in [0.1, 0.15) is 29.9 Å². The molecule has 3 aromatic rings. The van der Waals surface area contributed by atoms with Crippen LogP contribution in [-0.2, 0) is 6.54 Å². The van der Waals surface area contributed by atoms with Gasteiger partial charge >= 0.3 is 0 Å². The number of halogens is 1. The molecule has 1 N–H and O–H groups in total. The van der Waals surface area contributed by atoms with Crippen LogP contribution in [0.5, 0.6) is 0 Å². The third kappa shape index (κ3) is 3.48. The van der Waals surface area contributed by atoms with E-state index in [1.807, 2.05) is 73.3 Å². The van der Waals surface area contributed by atoms with Crippen molar-refractivity contribution in [3.8, 4) is 0 Å². The van der Waals surface area contributed by atoms with Crippen LogP contribution < -0.4 is 0 Å². The molecule has 0 fully saturated rings. The Morgan fingerprint density at radius 1 is 1.13 bits per heavy atom. The van der Waals surface area contributed by atoms with Crippen LogP contribution in [0.4, 0.5) is 0 Å². The minimum absolute atomic E-state index is 0.0242. The Labute approximate surface area is 144 Å². The van der Waals surface area contributed by atoms with Gasteiger partial charge in [-0.1, -0.05) is 52.3 Å². The molecule has 0 aliphatic heterocycles. The molecule has 3 rings (SSSR count). The molecule has 0 atom stereocenters. The van der Waals surface area contributed by atoms with Crippen LogP contribution in [0.2, 0.25) is 0 Å². The van der Waals surface area contributed by atoms with Gasteiger partial charge in [0.05, 0.1) is 0 Å². The van der Waals surface area contributed by atoms with Crippen molar-refractivity contribution in [2.45, 2.75) is 26.4 Å². The molecule has 0 saturated carbocycles. The second-order valence-electron chi connectivity index (χ2n) is 5.93. The minimum atomic E-state index is 0.0242. The molecule has 0 saturated heterocycles. The van der Waals surface area contributed by atoms with Crippen molar-refractivity contribution in [2.24, 2.45) is 0 Å². The molecular weight excluding hydrogens is 352 g/mol. The van der Waals surface area contributed by atoms with Gasteiger partial charge in [0, 0.05) is 28.0 Å². The van der Waals surface area contributed by atoms with Gasteiger partial charge in [0.15, 0.2) is 0 Å². The first-order chi connectivity index (χ1) is 11.0. The van der Waals surface area contributed by atoms with Crippen molar-refractivity contribution < 1.29 is 4.79 Å². The average Bonchev–Trinajstić information content (AvgIpc) is 2.95. The van der Waals surface area contributed by atoms with Crippen LogP contribution >= 0.6 is 15.9 Å². The highest BCUT2D eigenvalue weighted by Gasteiger charge is 2.20. The molecule has 118 valence electrons. The number of benzene rings is 2. The standard InChI is InChI=1S/C19H19BrN2O/c1-13(2)22(12-14-6-4-3-5-7-14)19(23)18-10-15-8-9-16(20)11-17(15)21-18/h3-11,13,21H,12H2,1-2H3. The van der Waals surface area contributed by atoms with Gasteiger partial charge in [0.1, 0.15) is 5.69 Å². The maximum Gasteiger partial charge on any atom is 0.270 e. The van der Waals surface area contributed by atoms with Gasteiger partial charge in [-0.15, -0.1) is 0 Å². The van der Waals surface area contributed by atoms with Gasteiger partial charge in [-0.3, -0.25) is 4.79 Å². The fourth-order valence-electron chi connectivity index (χ4n) is 2.64. The minimum Gasteiger partial charge on any atom is -0.350 e. The highest BCUT2D eigenvalue weighted by molar-refractivity contribution is 9.10. The summed E-state index contributed by atoms with van der Waals surface area (Å²) < 4.78 is 0.996. The Bertz CT molecular complexity index is 824. The lowest BCUT2D eigenvalue weighted by molar-refractivity contribution is 0.0685. The average molecular weight is 371 g/mol. The van der Waals surface area contributed by atoms with E-state index >= 15 is 0 Å². The number of H-pyrrole nitrogens is 1. The predicted octanol–water partition coefficient (Wildman–Crippen LogP) is 4.98. The Hall–Kier alpha value is -2.07. The first-order valence-corrected chi connectivity index (χ1v) is 8.47. The predicted molar refractivity (Wildman–Crippen MR) is 97.5 cm³/mol. The summed E-state index contributed by atoms with van der Waals surface area (Å²) in [6.07, 6.45) is 0. The Kier molecular flexibility index (Phi) is 4.53. The Balaban J connectivity index is 1.90. The van der Waals surface area contributed by atoms with E-state index in [4.69, 9.17) is 0 Å². The lowest BCUT2D eigenvalue weighted by Gasteiger charge is -2.26. The number of aromatic amines is 1. The van der Waals surface area contributed by atoms with Crippen molar-refractivity contribution >= 4 is 32.7 Å². The number of nitrogens with zero attached hydrogens (tertiary/aromatic N) is 1. The quantitative estimate of drug-likeness (QED) is 0.690. The van der Waals surface area contributed by atoms with Crippen LogP contribution in [0.25, 0.3) is 10.9 Å². The molecule has 1 amide bonds. The summed E-state index contributed by atoms with van der Waals surface area (Å²) in [6, 6.07) is 18.1. The van der Waals surface area contributed by atoms with Gasteiger partial charge in [0.25, 0.3) is 5.91 Å². The number of hydrogen-bond acceptors (Lipinski definition) is 1. The largest absolute Gasteiger partial charge is 0.350 e. The van der Waals surface area contributed by atoms with Crippen molar-refractivity contribution in [3.63, 3.8) is 0 Å². The van der Waals surface area contributed by atoms with Gasteiger partial charge < -0.3 is 9.88 Å². The number of aromatic nitrogens is 1. The molecule has 0 aliphatic rings. The molecule has 0 aliphatic carbocycles. The van der Waals surface area contributed by atoms with Crippen LogP contribution in [-0.4, -0.2) is 21.8 Å². The summed E-state index contributed by atoms with van der Waals surface area (Å²) in [6.45, 7) is 4.69. The molecule has 2 aromatic carbocycles. The van der Waals surface area contributed by atoms with Gasteiger partial charge in [0.2, 0.25) is 0 Å². The number of fused-ring (bicyclic) bond motifs is 1. The normalized spacial score (nSPS) is 11.1. The summed E-state index contributed by atoms with van der Waals surface area (Å²) in [5, 5.41) is 1.04. The van der Waals surface area contributed by atoms with Crippen molar-refractivity contribution in [1.82, 2.24) is 9.88 Å². The third-order valence-corrected chi connectivity index (χ3v) is 4.39. The second-order valence-corrected chi connectivity index (χ2v) is 6.84. The summed E-state index contributed by atoms with van der Waals surface area (Å²) in [7, 11) is 0. The number of amides is 1. The molecule has 1 heterocycles. The van der Waals surface area contributed by atoms with E-state index in [1.165, 1.54) is 0 Å². The first-order valence-electron chi connectivity index (χ1n) is 7.68. The zero-order valence-electron chi connectivity index (χ0n) is 13.2. The molecule has 3 nitrogen and oxygen atoms in total. The van der Waals surface area contributed by atoms with Crippen LogP contribution in [0.15, 0.2) is 59.1 Å². The maximum atomic E-state index is 12.9. The van der Waals surface area contributed by atoms with Crippen molar-refractivity contribution in [2.75, 3.05) is 0 Å². The van der Waals surface area contributed by atoms with Gasteiger partial charge in [-0.2, -0.15) is 0 Å². The number of nitrogens with one attached hydrogen (secondary N) is 1. The molecule has 0 unspecified atom stereocenters. The van der Waals surface area contributed by atoms with Crippen molar-refractivity contribution in [3.05, 3.63) is 70.3 Å². The van der Waals surface area contributed by atoms with E-state index in [2.05, 4.69) is 20.9 Å². The van der Waals surface area contributed by atoms with Crippen LogP contribution in [0, 0.1) is 0 Å². The van der Waals surface area contributed by atoms with E-state index in [1.54, 1.807) is 0 Å². The molecule has 4 heteroatoms. The lowest BCUT2D eigenvalue weighted by Crippen LogP contribution is -2.36. The summed E-state index contributed by atoms with van der Waals surface area (Å²) in [5.41, 5.74) is 2.72. The Morgan fingerprint density at radius 2 is 1.87 bits per heavy atom. The fraction of sp³-hybridized carbons (Fsp3) is 0.211. The van der Waals surface area contributed by atoms with Gasteiger partial charge in [-0.25, -0.2) is 0 Å². The summed E-state index contributed by atoms with van der Waals surface area (Å²) in [4.78, 5) is 18.0. The number of rotatable bonds is 4. The molecule has 0 radical (unpaired) electrons. The topological polar surface area (TPSA) is 36.1 Å². The maximum absolute atomic E-state index is 12.9. The van der Waals surface area contributed by atoms with E-state index in [9.17, 15) is 4.79 Å². The second kappa shape index (κ2) is 6.59. The number of carbonyl (C=O) groups is 1. The molecule has 0 spiro atoms. The molecule has 1 aromatic heterocycles. The zero-order valence-corrected chi connectivity index (χ0v) is 14.8. The van der Waals surface area contributed by atoms with E-state index in [0.717, 1.165) is 20.9 Å². The molecule has 0 bridgehead atoms. The monoisotopic (exact) mass is 370 g/mol. The summed E-state index contributed by atoms with van der Waals surface area (Å²) in [5.74, 6) is 0.0242. The van der Waals surface area contributed by atoms with E-state index < -0.39 is 0 Å². The number of carbonyl (C=O) groups excluding carboxylic acids is 1. The fourth-order valence-corrected chi connectivity index (χ4v) is 3.00.